The number of ether oxygens (including phenoxy) is 1. The Morgan fingerprint density at radius 3 is 3.00 bits per heavy atom. The van der Waals surface area contributed by atoms with Gasteiger partial charge in [-0.15, -0.1) is 0 Å². The van der Waals surface area contributed by atoms with Crippen LogP contribution in [-0.2, 0) is 37.8 Å². The topological polar surface area (TPSA) is 55.5 Å². The minimum Gasteiger partial charge on any atom is -0.468 e. The van der Waals surface area contributed by atoms with E-state index < -0.39 is 0 Å². The monoisotopic (exact) mass is 330 g/mol. The van der Waals surface area contributed by atoms with Crippen molar-refractivity contribution in [2.45, 2.75) is 44.9 Å². The molecule has 4 rings (SSSR count). The molecular formula is C18H26N4O2. The number of nitrogens with zero attached hydrogens (tertiary/aromatic N) is 3. The van der Waals surface area contributed by atoms with Crippen LogP contribution in [0.1, 0.15) is 35.6 Å². The van der Waals surface area contributed by atoms with Gasteiger partial charge in [0.05, 0.1) is 24.2 Å². The van der Waals surface area contributed by atoms with E-state index in [9.17, 15) is 0 Å². The molecule has 0 spiro atoms. The Bertz CT molecular complexity index is 659. The normalized spacial score (nSPS) is 19.5. The molecule has 0 atom stereocenters. The van der Waals surface area contributed by atoms with Crippen LogP contribution in [0.15, 0.2) is 22.8 Å². The standard InChI is InChI=1S/C18H26N4O2/c1-21-18-13-22(12-15-3-2-8-24-15)7-4-16(18)17(20-21)11-19-14-5-9-23-10-6-14/h2-3,8,14,19H,4-7,9-13H2,1H3. The van der Waals surface area contributed by atoms with Gasteiger partial charge < -0.3 is 14.5 Å². The second-order valence-electron chi connectivity index (χ2n) is 6.80. The van der Waals surface area contributed by atoms with E-state index in [0.717, 1.165) is 64.4 Å². The third kappa shape index (κ3) is 3.41. The van der Waals surface area contributed by atoms with Gasteiger partial charge in [0, 0.05) is 51.5 Å². The van der Waals surface area contributed by atoms with Crippen LogP contribution < -0.4 is 5.32 Å². The zero-order chi connectivity index (χ0) is 16.4. The lowest BCUT2D eigenvalue weighted by atomic mass is 10.0. The fraction of sp³-hybridized carbons (Fsp3) is 0.611. The van der Waals surface area contributed by atoms with Gasteiger partial charge in [0.2, 0.25) is 0 Å². The van der Waals surface area contributed by atoms with Gasteiger partial charge in [-0.1, -0.05) is 0 Å². The van der Waals surface area contributed by atoms with E-state index >= 15 is 0 Å². The van der Waals surface area contributed by atoms with Gasteiger partial charge in [0.15, 0.2) is 0 Å². The molecule has 0 aliphatic carbocycles. The zero-order valence-electron chi connectivity index (χ0n) is 14.3. The first-order valence-corrected chi connectivity index (χ1v) is 8.89. The van der Waals surface area contributed by atoms with Crippen LogP contribution in [-0.4, -0.2) is 40.5 Å². The molecule has 0 unspecified atom stereocenters. The quantitative estimate of drug-likeness (QED) is 0.907. The lowest BCUT2D eigenvalue weighted by Crippen LogP contribution is -2.35. The van der Waals surface area contributed by atoms with E-state index in [-0.39, 0.29) is 0 Å². The highest BCUT2D eigenvalue weighted by Crippen LogP contribution is 2.23. The van der Waals surface area contributed by atoms with E-state index in [0.29, 0.717) is 6.04 Å². The fourth-order valence-electron chi connectivity index (χ4n) is 3.75. The average molecular weight is 330 g/mol. The molecule has 0 saturated carbocycles. The van der Waals surface area contributed by atoms with Crippen molar-refractivity contribution in [3.8, 4) is 0 Å². The summed E-state index contributed by atoms with van der Waals surface area (Å²) in [4.78, 5) is 2.43. The minimum absolute atomic E-state index is 0.565. The number of aryl methyl sites for hydroxylation is 1. The van der Waals surface area contributed by atoms with Gasteiger partial charge in [-0.2, -0.15) is 5.10 Å². The molecule has 2 aromatic heterocycles. The number of nitrogens with one attached hydrogen (secondary N) is 1. The largest absolute Gasteiger partial charge is 0.468 e. The summed E-state index contributed by atoms with van der Waals surface area (Å²) in [6.07, 6.45) is 5.02. The van der Waals surface area contributed by atoms with Gasteiger partial charge in [-0.25, -0.2) is 0 Å². The van der Waals surface area contributed by atoms with Gasteiger partial charge in [-0.3, -0.25) is 9.58 Å². The van der Waals surface area contributed by atoms with Gasteiger partial charge in [-0.05, 0) is 31.4 Å². The molecule has 24 heavy (non-hydrogen) atoms. The summed E-state index contributed by atoms with van der Waals surface area (Å²) >= 11 is 0. The summed E-state index contributed by atoms with van der Waals surface area (Å²) in [5.41, 5.74) is 4.00. The number of furan rings is 1. The first kappa shape index (κ1) is 15.9. The molecule has 1 saturated heterocycles. The number of rotatable bonds is 5. The molecule has 4 heterocycles. The smallest absolute Gasteiger partial charge is 0.117 e. The highest BCUT2D eigenvalue weighted by molar-refractivity contribution is 5.29. The van der Waals surface area contributed by atoms with Crippen LogP contribution in [0.25, 0.3) is 0 Å². The maximum Gasteiger partial charge on any atom is 0.117 e. The van der Waals surface area contributed by atoms with Crippen molar-refractivity contribution in [2.75, 3.05) is 19.8 Å². The molecule has 0 radical (unpaired) electrons. The van der Waals surface area contributed by atoms with Crippen molar-refractivity contribution >= 4 is 0 Å². The maximum absolute atomic E-state index is 5.48. The Labute approximate surface area is 142 Å². The predicted molar refractivity (Wildman–Crippen MR) is 90.4 cm³/mol. The predicted octanol–water partition coefficient (Wildman–Crippen LogP) is 1.84. The van der Waals surface area contributed by atoms with Crippen LogP contribution in [0.2, 0.25) is 0 Å². The second-order valence-corrected chi connectivity index (χ2v) is 6.80. The van der Waals surface area contributed by atoms with Gasteiger partial charge >= 0.3 is 0 Å². The Morgan fingerprint density at radius 1 is 1.33 bits per heavy atom. The van der Waals surface area contributed by atoms with Crippen molar-refractivity contribution in [1.82, 2.24) is 20.0 Å². The molecule has 0 aromatic carbocycles. The van der Waals surface area contributed by atoms with Crippen LogP contribution in [0, 0.1) is 0 Å². The SMILES string of the molecule is Cn1nc(CNC2CCOCC2)c2c1CN(Cc1ccco1)CC2. The Hall–Kier alpha value is -1.63. The van der Waals surface area contributed by atoms with Crippen molar-refractivity contribution in [3.05, 3.63) is 41.1 Å². The minimum atomic E-state index is 0.565. The zero-order valence-corrected chi connectivity index (χ0v) is 14.3. The van der Waals surface area contributed by atoms with Crippen molar-refractivity contribution in [2.24, 2.45) is 7.05 Å². The molecule has 0 bridgehead atoms. The average Bonchev–Trinajstić information content (AvgIpc) is 3.22. The molecule has 2 aliphatic rings. The molecular weight excluding hydrogens is 304 g/mol. The summed E-state index contributed by atoms with van der Waals surface area (Å²) in [6, 6.07) is 4.56. The second kappa shape index (κ2) is 7.09. The summed E-state index contributed by atoms with van der Waals surface area (Å²) < 4.78 is 13.0. The number of hydrogen-bond acceptors (Lipinski definition) is 5. The molecule has 1 fully saturated rings. The van der Waals surface area contributed by atoms with Gasteiger partial charge in [0.1, 0.15) is 5.76 Å². The molecule has 0 amide bonds. The van der Waals surface area contributed by atoms with E-state index in [1.165, 1.54) is 17.0 Å². The maximum atomic E-state index is 5.48. The van der Waals surface area contributed by atoms with Crippen LogP contribution in [0.5, 0.6) is 0 Å². The van der Waals surface area contributed by atoms with E-state index in [1.807, 2.05) is 12.1 Å². The number of fused-ring (bicyclic) bond motifs is 1. The number of hydrogen-bond donors (Lipinski definition) is 1. The lowest BCUT2D eigenvalue weighted by molar-refractivity contribution is 0.0775. The van der Waals surface area contributed by atoms with E-state index in [1.54, 1.807) is 6.26 Å². The third-order valence-electron chi connectivity index (χ3n) is 5.15. The summed E-state index contributed by atoms with van der Waals surface area (Å²) in [5.74, 6) is 1.03. The van der Waals surface area contributed by atoms with Gasteiger partial charge in [0.25, 0.3) is 0 Å². The first-order valence-electron chi connectivity index (χ1n) is 8.89. The molecule has 2 aliphatic heterocycles. The number of aromatic nitrogens is 2. The van der Waals surface area contributed by atoms with E-state index in [2.05, 4.69) is 21.9 Å². The first-order chi connectivity index (χ1) is 11.8. The fourth-order valence-corrected chi connectivity index (χ4v) is 3.75. The lowest BCUT2D eigenvalue weighted by Gasteiger charge is -2.27. The van der Waals surface area contributed by atoms with Crippen molar-refractivity contribution in [3.63, 3.8) is 0 Å². The van der Waals surface area contributed by atoms with Crippen molar-refractivity contribution < 1.29 is 9.15 Å². The summed E-state index contributed by atoms with van der Waals surface area (Å²) in [7, 11) is 2.06. The molecule has 6 nitrogen and oxygen atoms in total. The molecule has 6 heteroatoms. The van der Waals surface area contributed by atoms with E-state index in [4.69, 9.17) is 14.3 Å². The molecule has 1 N–H and O–H groups in total. The van der Waals surface area contributed by atoms with Crippen molar-refractivity contribution in [1.29, 1.82) is 0 Å². The van der Waals surface area contributed by atoms with Crippen LogP contribution >= 0.6 is 0 Å². The Balaban J connectivity index is 1.40. The molecule has 130 valence electrons. The Kier molecular flexibility index (Phi) is 4.69. The molecule has 2 aromatic rings. The van der Waals surface area contributed by atoms with Crippen LogP contribution in [0.3, 0.4) is 0 Å². The van der Waals surface area contributed by atoms with Crippen LogP contribution in [0.4, 0.5) is 0 Å². The summed E-state index contributed by atoms with van der Waals surface area (Å²) in [6.45, 7) is 5.49. The third-order valence-corrected chi connectivity index (χ3v) is 5.15. The summed E-state index contributed by atoms with van der Waals surface area (Å²) in [5, 5.41) is 8.45. The highest BCUT2D eigenvalue weighted by Gasteiger charge is 2.24. The highest BCUT2D eigenvalue weighted by atomic mass is 16.5. The Morgan fingerprint density at radius 2 is 2.21 bits per heavy atom.